The Kier molecular flexibility index (Phi) is 6.89. The largest absolute Gasteiger partial charge is 0.490 e. The molecule has 0 saturated carbocycles. The van der Waals surface area contributed by atoms with Crippen LogP contribution in [0.25, 0.3) is 6.08 Å². The fourth-order valence-electron chi connectivity index (χ4n) is 2.89. The third kappa shape index (κ3) is 4.20. The molecule has 0 radical (unpaired) electrons. The van der Waals surface area contributed by atoms with Crippen LogP contribution < -0.4 is 4.74 Å². The first-order chi connectivity index (χ1) is 13.3. The molecule has 0 N–H and O–H groups in total. The molecule has 9 heteroatoms. The molecule has 0 bridgehead atoms. The van der Waals surface area contributed by atoms with Gasteiger partial charge in [0.2, 0.25) is 0 Å². The van der Waals surface area contributed by atoms with Crippen molar-refractivity contribution in [1.29, 1.82) is 0 Å². The average molecular weight is 390 g/mol. The van der Waals surface area contributed by atoms with Gasteiger partial charge >= 0.3 is 11.7 Å². The Hall–Kier alpha value is -3.20. The highest BCUT2D eigenvalue weighted by Crippen LogP contribution is 2.33. The second-order valence-electron chi connectivity index (χ2n) is 5.88. The van der Waals surface area contributed by atoms with Crippen molar-refractivity contribution < 1.29 is 28.7 Å². The summed E-state index contributed by atoms with van der Waals surface area (Å²) in [6.45, 7) is 4.04. The lowest BCUT2D eigenvalue weighted by molar-refractivity contribution is -0.385. The van der Waals surface area contributed by atoms with Crippen LogP contribution in [0, 0.1) is 10.1 Å². The fourth-order valence-corrected chi connectivity index (χ4v) is 2.89. The lowest BCUT2D eigenvalue weighted by atomic mass is 10.0. The molecule has 2 rings (SSSR count). The van der Waals surface area contributed by atoms with Crippen molar-refractivity contribution in [1.82, 2.24) is 4.90 Å². The first kappa shape index (κ1) is 21.1. The Morgan fingerprint density at radius 1 is 1.32 bits per heavy atom. The zero-order chi connectivity index (χ0) is 20.8. The van der Waals surface area contributed by atoms with Crippen LogP contribution >= 0.6 is 0 Å². The number of allylic oxidation sites excluding steroid dienone is 1. The van der Waals surface area contributed by atoms with Gasteiger partial charge in [-0.15, -0.1) is 0 Å². The van der Waals surface area contributed by atoms with Crippen molar-refractivity contribution in [2.24, 2.45) is 0 Å². The lowest BCUT2D eigenvalue weighted by Gasteiger charge is -2.16. The van der Waals surface area contributed by atoms with Crippen molar-refractivity contribution in [2.45, 2.75) is 13.8 Å². The second kappa shape index (κ2) is 9.14. The van der Waals surface area contributed by atoms with Crippen LogP contribution in [0.3, 0.4) is 0 Å². The molecule has 1 aliphatic heterocycles. The molecule has 1 aliphatic rings. The van der Waals surface area contributed by atoms with Gasteiger partial charge in [0.15, 0.2) is 5.75 Å². The number of nitro benzene ring substituents is 1. The summed E-state index contributed by atoms with van der Waals surface area (Å²) in [5.41, 5.74) is 0.860. The Labute approximate surface area is 162 Å². The van der Waals surface area contributed by atoms with Gasteiger partial charge in [0, 0.05) is 25.4 Å². The zero-order valence-corrected chi connectivity index (χ0v) is 16.2. The highest BCUT2D eigenvalue weighted by Gasteiger charge is 2.37. The molecular formula is C19H22N2O7. The van der Waals surface area contributed by atoms with Gasteiger partial charge in [-0.3, -0.25) is 14.9 Å². The molecule has 1 aromatic rings. The summed E-state index contributed by atoms with van der Waals surface area (Å²) in [6, 6.07) is 4.30. The Morgan fingerprint density at radius 3 is 2.61 bits per heavy atom. The molecule has 150 valence electrons. The van der Waals surface area contributed by atoms with E-state index in [4.69, 9.17) is 14.2 Å². The molecule has 0 aliphatic carbocycles. The zero-order valence-electron chi connectivity index (χ0n) is 16.2. The number of ether oxygens (including phenoxy) is 3. The Bertz CT molecular complexity index is 858. The third-order valence-electron chi connectivity index (χ3n) is 4.22. The van der Waals surface area contributed by atoms with Gasteiger partial charge in [-0.25, -0.2) is 4.79 Å². The number of hydrogen-bond donors (Lipinski definition) is 0. The van der Waals surface area contributed by atoms with Crippen molar-refractivity contribution in [3.05, 3.63) is 50.7 Å². The van der Waals surface area contributed by atoms with E-state index in [2.05, 4.69) is 0 Å². The average Bonchev–Trinajstić information content (AvgIpc) is 2.90. The summed E-state index contributed by atoms with van der Waals surface area (Å²) in [7, 11) is 2.85. The first-order valence-corrected chi connectivity index (χ1v) is 8.59. The van der Waals surface area contributed by atoms with Crippen LogP contribution in [-0.2, 0) is 19.1 Å². The number of hydrogen-bond acceptors (Lipinski definition) is 7. The smallest absolute Gasteiger partial charge is 0.340 e. The van der Waals surface area contributed by atoms with Crippen LogP contribution in [0.4, 0.5) is 5.69 Å². The summed E-state index contributed by atoms with van der Waals surface area (Å²) in [5.74, 6) is -0.914. The number of methoxy groups -OCH3 is 2. The quantitative estimate of drug-likeness (QED) is 0.290. The Morgan fingerprint density at radius 2 is 2.04 bits per heavy atom. The van der Waals surface area contributed by atoms with E-state index in [9.17, 15) is 19.7 Å². The molecule has 1 aromatic carbocycles. The van der Waals surface area contributed by atoms with Crippen LogP contribution in [-0.4, -0.2) is 55.7 Å². The normalized spacial score (nSPS) is 15.4. The number of nitrogens with zero attached hydrogens (tertiary/aromatic N) is 2. The van der Waals surface area contributed by atoms with E-state index in [1.165, 1.54) is 37.3 Å². The predicted octanol–water partition coefficient (Wildman–Crippen LogP) is 2.31. The van der Waals surface area contributed by atoms with Crippen molar-refractivity contribution >= 4 is 23.6 Å². The van der Waals surface area contributed by atoms with E-state index in [0.717, 1.165) is 0 Å². The molecule has 0 spiro atoms. The number of esters is 1. The molecular weight excluding hydrogens is 368 g/mol. The minimum absolute atomic E-state index is 0.101. The third-order valence-corrected chi connectivity index (χ3v) is 4.22. The molecule has 28 heavy (non-hydrogen) atoms. The molecule has 0 fully saturated rings. The first-order valence-electron chi connectivity index (χ1n) is 8.59. The van der Waals surface area contributed by atoms with Crippen molar-refractivity contribution in [3.63, 3.8) is 0 Å². The molecule has 0 aromatic heterocycles. The standard InChI is InChI=1S/C19H22N2O7/c1-5-28-19(23)17-12(2)20(8-9-26-3)18(22)14(17)10-13-6-7-16(27-4)15(11-13)21(24)25/h6-7,10-11H,5,8-9H2,1-4H3/b14-10-. The van der Waals surface area contributed by atoms with Gasteiger partial charge in [0.25, 0.3) is 5.91 Å². The summed E-state index contributed by atoms with van der Waals surface area (Å²) in [6.07, 6.45) is 1.44. The summed E-state index contributed by atoms with van der Waals surface area (Å²) >= 11 is 0. The SMILES string of the molecule is CCOC(=O)C1=C(C)N(CCOC)C(=O)/C1=C\c1ccc(OC)c([N+](=O)[O-])c1. The number of carbonyl (C=O) groups excluding carboxylic acids is 2. The summed E-state index contributed by atoms with van der Waals surface area (Å²) in [4.78, 5) is 37.4. The number of benzene rings is 1. The van der Waals surface area contributed by atoms with Gasteiger partial charge in [0.1, 0.15) is 0 Å². The topological polar surface area (TPSA) is 108 Å². The number of carbonyl (C=O) groups is 2. The Balaban J connectivity index is 2.54. The van der Waals surface area contributed by atoms with Crippen molar-refractivity contribution in [3.8, 4) is 5.75 Å². The van der Waals surface area contributed by atoms with Gasteiger partial charge < -0.3 is 19.1 Å². The number of amides is 1. The summed E-state index contributed by atoms with van der Waals surface area (Å²) < 4.78 is 15.1. The monoisotopic (exact) mass is 390 g/mol. The summed E-state index contributed by atoms with van der Waals surface area (Å²) in [5, 5.41) is 11.2. The van der Waals surface area contributed by atoms with E-state index in [1.807, 2.05) is 0 Å². The van der Waals surface area contributed by atoms with E-state index < -0.39 is 16.8 Å². The molecule has 0 atom stereocenters. The van der Waals surface area contributed by atoms with Crippen LogP contribution in [0.5, 0.6) is 5.75 Å². The molecule has 1 amide bonds. The maximum atomic E-state index is 12.9. The maximum absolute atomic E-state index is 12.9. The predicted molar refractivity (Wildman–Crippen MR) is 101 cm³/mol. The van der Waals surface area contributed by atoms with Crippen LogP contribution in [0.2, 0.25) is 0 Å². The van der Waals surface area contributed by atoms with Crippen molar-refractivity contribution in [2.75, 3.05) is 34.0 Å². The van der Waals surface area contributed by atoms with E-state index in [1.54, 1.807) is 19.9 Å². The molecule has 0 unspecified atom stereocenters. The van der Waals surface area contributed by atoms with E-state index >= 15 is 0 Å². The molecule has 0 saturated heterocycles. The van der Waals surface area contributed by atoms with E-state index in [0.29, 0.717) is 17.9 Å². The molecule has 1 heterocycles. The maximum Gasteiger partial charge on any atom is 0.340 e. The van der Waals surface area contributed by atoms with E-state index in [-0.39, 0.29) is 35.7 Å². The minimum atomic E-state index is -0.623. The fraction of sp³-hybridized carbons (Fsp3) is 0.368. The highest BCUT2D eigenvalue weighted by atomic mass is 16.6. The van der Waals surface area contributed by atoms with Crippen LogP contribution in [0.1, 0.15) is 19.4 Å². The number of rotatable bonds is 8. The lowest BCUT2D eigenvalue weighted by Crippen LogP contribution is -2.28. The van der Waals surface area contributed by atoms with Gasteiger partial charge in [-0.2, -0.15) is 0 Å². The minimum Gasteiger partial charge on any atom is -0.490 e. The van der Waals surface area contributed by atoms with Gasteiger partial charge in [0.05, 0.1) is 36.4 Å². The molecule has 9 nitrogen and oxygen atoms in total. The second-order valence-corrected chi connectivity index (χ2v) is 5.88. The van der Waals surface area contributed by atoms with Crippen LogP contribution in [0.15, 0.2) is 35.0 Å². The number of nitro groups is 1. The van der Waals surface area contributed by atoms with Gasteiger partial charge in [-0.1, -0.05) is 6.07 Å². The highest BCUT2D eigenvalue weighted by molar-refractivity contribution is 6.16. The van der Waals surface area contributed by atoms with Gasteiger partial charge in [-0.05, 0) is 31.6 Å².